The first kappa shape index (κ1) is 15.8. The second-order valence-corrected chi connectivity index (χ2v) is 4.86. The molecule has 0 saturated carbocycles. The van der Waals surface area contributed by atoms with Gasteiger partial charge in [-0.3, -0.25) is 4.79 Å². The van der Waals surface area contributed by atoms with Crippen molar-refractivity contribution >= 4 is 12.0 Å². The van der Waals surface area contributed by atoms with Gasteiger partial charge in [0.2, 0.25) is 5.91 Å². The quantitative estimate of drug-likeness (QED) is 0.854. The number of halogens is 1. The van der Waals surface area contributed by atoms with E-state index in [4.69, 9.17) is 4.74 Å². The second kappa shape index (κ2) is 7.41. The van der Waals surface area contributed by atoms with E-state index in [0.717, 1.165) is 11.3 Å². The number of hydrogen-bond acceptors (Lipinski definition) is 2. The summed E-state index contributed by atoms with van der Waals surface area (Å²) in [5.74, 6) is 0.150. The molecule has 0 spiro atoms. The maximum atomic E-state index is 13.1. The molecule has 0 bridgehead atoms. The Labute approximate surface area is 129 Å². The molecule has 0 aliphatic rings. The molecule has 0 aliphatic heterocycles. The van der Waals surface area contributed by atoms with Gasteiger partial charge in [-0.15, -0.1) is 0 Å². The maximum Gasteiger partial charge on any atom is 0.244 e. The van der Waals surface area contributed by atoms with Crippen molar-refractivity contribution in [1.82, 2.24) is 5.32 Å². The SMILES string of the molecule is COc1ccccc1[C@@H](C)NC(=O)/C=C/c1cccc(F)c1. The predicted octanol–water partition coefficient (Wildman–Crippen LogP) is 3.72. The lowest BCUT2D eigenvalue weighted by atomic mass is 10.1. The number of ether oxygens (including phenoxy) is 1. The number of benzene rings is 2. The molecule has 2 aromatic rings. The first-order valence-electron chi connectivity index (χ1n) is 6.97. The standard InChI is InChI=1S/C18H18FNO2/c1-13(16-8-3-4-9-17(16)22-2)20-18(21)11-10-14-6-5-7-15(19)12-14/h3-13H,1-2H3,(H,20,21)/b11-10+/t13-/m1/s1. The number of hydrogen-bond donors (Lipinski definition) is 1. The van der Waals surface area contributed by atoms with Gasteiger partial charge < -0.3 is 10.1 Å². The lowest BCUT2D eigenvalue weighted by Crippen LogP contribution is -2.24. The zero-order chi connectivity index (χ0) is 15.9. The van der Waals surface area contributed by atoms with Crippen molar-refractivity contribution in [3.05, 3.63) is 71.6 Å². The van der Waals surface area contributed by atoms with Crippen molar-refractivity contribution in [3.8, 4) is 5.75 Å². The van der Waals surface area contributed by atoms with Crippen LogP contribution in [0.2, 0.25) is 0 Å². The summed E-state index contributed by atoms with van der Waals surface area (Å²) in [5, 5.41) is 2.86. The molecule has 0 heterocycles. The summed E-state index contributed by atoms with van der Waals surface area (Å²) >= 11 is 0. The lowest BCUT2D eigenvalue weighted by Gasteiger charge is -2.16. The fourth-order valence-electron chi connectivity index (χ4n) is 2.15. The number of nitrogens with one attached hydrogen (secondary N) is 1. The predicted molar refractivity (Wildman–Crippen MR) is 85.0 cm³/mol. The third-order valence-corrected chi connectivity index (χ3v) is 3.24. The number of carbonyl (C=O) groups is 1. The third-order valence-electron chi connectivity index (χ3n) is 3.24. The van der Waals surface area contributed by atoms with Crippen molar-refractivity contribution in [1.29, 1.82) is 0 Å². The van der Waals surface area contributed by atoms with E-state index in [2.05, 4.69) is 5.32 Å². The van der Waals surface area contributed by atoms with Crippen LogP contribution in [-0.2, 0) is 4.79 Å². The Hall–Kier alpha value is -2.62. The van der Waals surface area contributed by atoms with Crippen LogP contribution < -0.4 is 10.1 Å². The third kappa shape index (κ3) is 4.19. The Morgan fingerprint density at radius 2 is 2.00 bits per heavy atom. The van der Waals surface area contributed by atoms with Crippen LogP contribution in [0.3, 0.4) is 0 Å². The molecule has 1 N–H and O–H groups in total. The topological polar surface area (TPSA) is 38.3 Å². The summed E-state index contributed by atoms with van der Waals surface area (Å²) in [4.78, 5) is 12.0. The minimum atomic E-state index is -0.329. The fraction of sp³-hybridized carbons (Fsp3) is 0.167. The molecule has 3 nitrogen and oxygen atoms in total. The summed E-state index contributed by atoms with van der Waals surface area (Å²) in [6.07, 6.45) is 2.97. The van der Waals surface area contributed by atoms with E-state index in [9.17, 15) is 9.18 Å². The summed E-state index contributed by atoms with van der Waals surface area (Å²) in [7, 11) is 1.59. The van der Waals surface area contributed by atoms with Gasteiger partial charge in [0.15, 0.2) is 0 Å². The Morgan fingerprint density at radius 3 is 2.73 bits per heavy atom. The fourth-order valence-corrected chi connectivity index (χ4v) is 2.15. The van der Waals surface area contributed by atoms with Crippen LogP contribution in [-0.4, -0.2) is 13.0 Å². The molecule has 1 amide bonds. The van der Waals surface area contributed by atoms with E-state index in [-0.39, 0.29) is 17.8 Å². The van der Waals surface area contributed by atoms with Crippen LogP contribution in [0.25, 0.3) is 6.08 Å². The van der Waals surface area contributed by atoms with Crippen LogP contribution in [0.15, 0.2) is 54.6 Å². The zero-order valence-electron chi connectivity index (χ0n) is 12.5. The van der Waals surface area contributed by atoms with Crippen LogP contribution in [0, 0.1) is 5.82 Å². The molecule has 0 aliphatic carbocycles. The Morgan fingerprint density at radius 1 is 1.23 bits per heavy atom. The second-order valence-electron chi connectivity index (χ2n) is 4.86. The van der Waals surface area contributed by atoms with Gasteiger partial charge in [-0.2, -0.15) is 0 Å². The summed E-state index contributed by atoms with van der Waals surface area (Å²) in [6.45, 7) is 1.88. The highest BCUT2D eigenvalue weighted by Crippen LogP contribution is 2.24. The van der Waals surface area contributed by atoms with Crippen molar-refractivity contribution in [3.63, 3.8) is 0 Å². The van der Waals surface area contributed by atoms with Gasteiger partial charge in [-0.1, -0.05) is 30.3 Å². The summed E-state index contributed by atoms with van der Waals surface area (Å²) < 4.78 is 18.3. The van der Waals surface area contributed by atoms with E-state index in [1.807, 2.05) is 31.2 Å². The van der Waals surface area contributed by atoms with Gasteiger partial charge in [-0.05, 0) is 36.8 Å². The number of methoxy groups -OCH3 is 1. The molecule has 1 atom stereocenters. The molecule has 0 aromatic heterocycles. The average Bonchev–Trinajstić information content (AvgIpc) is 2.53. The van der Waals surface area contributed by atoms with Crippen LogP contribution in [0.1, 0.15) is 24.1 Å². The van der Waals surface area contributed by atoms with Gasteiger partial charge in [-0.25, -0.2) is 4.39 Å². The first-order valence-corrected chi connectivity index (χ1v) is 6.97. The molecule has 0 fully saturated rings. The van der Waals surface area contributed by atoms with Crippen molar-refractivity contribution in [2.75, 3.05) is 7.11 Å². The number of carbonyl (C=O) groups excluding carboxylic acids is 1. The van der Waals surface area contributed by atoms with Crippen molar-refractivity contribution in [2.45, 2.75) is 13.0 Å². The molecule has 0 radical (unpaired) electrons. The molecular weight excluding hydrogens is 281 g/mol. The molecule has 114 valence electrons. The minimum Gasteiger partial charge on any atom is -0.496 e. The average molecular weight is 299 g/mol. The molecule has 0 saturated heterocycles. The smallest absolute Gasteiger partial charge is 0.244 e. The van der Waals surface area contributed by atoms with Gasteiger partial charge >= 0.3 is 0 Å². The van der Waals surface area contributed by atoms with Gasteiger partial charge in [0.05, 0.1) is 13.2 Å². The van der Waals surface area contributed by atoms with Crippen LogP contribution in [0.5, 0.6) is 5.75 Å². The van der Waals surface area contributed by atoms with Crippen molar-refractivity contribution < 1.29 is 13.9 Å². The summed E-state index contributed by atoms with van der Waals surface area (Å²) in [5.41, 5.74) is 1.54. The van der Waals surface area contributed by atoms with E-state index >= 15 is 0 Å². The summed E-state index contributed by atoms with van der Waals surface area (Å²) in [6, 6.07) is 13.4. The minimum absolute atomic E-state index is 0.194. The lowest BCUT2D eigenvalue weighted by molar-refractivity contribution is -0.117. The van der Waals surface area contributed by atoms with Crippen LogP contribution >= 0.6 is 0 Å². The Balaban J connectivity index is 2.02. The van der Waals surface area contributed by atoms with E-state index in [0.29, 0.717) is 5.56 Å². The van der Waals surface area contributed by atoms with Crippen LogP contribution in [0.4, 0.5) is 4.39 Å². The monoisotopic (exact) mass is 299 g/mol. The molecule has 2 aromatic carbocycles. The Bertz CT molecular complexity index is 682. The van der Waals surface area contributed by atoms with Gasteiger partial charge in [0, 0.05) is 11.6 Å². The molecule has 0 unspecified atom stereocenters. The highest BCUT2D eigenvalue weighted by molar-refractivity contribution is 5.92. The van der Waals surface area contributed by atoms with E-state index < -0.39 is 0 Å². The maximum absolute atomic E-state index is 13.1. The number of para-hydroxylation sites is 1. The van der Waals surface area contributed by atoms with Gasteiger partial charge in [0.1, 0.15) is 11.6 Å². The largest absolute Gasteiger partial charge is 0.496 e. The highest BCUT2D eigenvalue weighted by atomic mass is 19.1. The van der Waals surface area contributed by atoms with Crippen molar-refractivity contribution in [2.24, 2.45) is 0 Å². The zero-order valence-corrected chi connectivity index (χ0v) is 12.5. The Kier molecular flexibility index (Phi) is 5.31. The first-order chi connectivity index (χ1) is 10.6. The molecular formula is C18H18FNO2. The van der Waals surface area contributed by atoms with E-state index in [1.54, 1.807) is 25.3 Å². The number of amides is 1. The van der Waals surface area contributed by atoms with Gasteiger partial charge in [0.25, 0.3) is 0 Å². The molecule has 22 heavy (non-hydrogen) atoms. The molecule has 2 rings (SSSR count). The molecule has 4 heteroatoms. The van der Waals surface area contributed by atoms with E-state index in [1.165, 1.54) is 18.2 Å². The highest BCUT2D eigenvalue weighted by Gasteiger charge is 2.11. The normalized spacial score (nSPS) is 12.1. The number of rotatable bonds is 5.